The molecule has 0 aliphatic heterocycles. The van der Waals surface area contributed by atoms with E-state index in [9.17, 15) is 9.90 Å². The minimum Gasteiger partial charge on any atom is -0.854 e. The third-order valence-corrected chi connectivity index (χ3v) is 3.31. The van der Waals surface area contributed by atoms with Crippen LogP contribution < -0.4 is 20.5 Å². The number of nitrogens with zero attached hydrogens (tertiary/aromatic N) is 4. The zero-order valence-electron chi connectivity index (χ0n) is 13.5. The van der Waals surface area contributed by atoms with Gasteiger partial charge in [-0.15, -0.1) is 9.36 Å². The molecule has 8 nitrogen and oxygen atoms in total. The fraction of sp³-hybridized carbons (Fsp3) is 0.0588. The van der Waals surface area contributed by atoms with E-state index < -0.39 is 11.9 Å². The number of aromatic nitrogens is 3. The van der Waals surface area contributed by atoms with Crippen molar-refractivity contribution in [3.05, 3.63) is 72.8 Å². The second-order valence-electron chi connectivity index (χ2n) is 5.13. The molecule has 2 aromatic carbocycles. The maximum atomic E-state index is 12.4. The maximum Gasteiger partial charge on any atom is 0.349 e. The second-order valence-corrected chi connectivity index (χ2v) is 5.13. The maximum absolute atomic E-state index is 12.4. The zero-order valence-corrected chi connectivity index (χ0v) is 13.5. The summed E-state index contributed by atoms with van der Waals surface area (Å²) in [5, 5.41) is 19.1. The highest BCUT2D eigenvalue weighted by atomic mass is 16.3. The monoisotopic (exact) mass is 336 g/mol. The quantitative estimate of drug-likeness (QED) is 0.421. The van der Waals surface area contributed by atoms with Gasteiger partial charge in [0.15, 0.2) is 0 Å². The predicted molar refractivity (Wildman–Crippen MR) is 90.9 cm³/mol. The molecule has 3 rings (SSSR count). The SMILES string of the molecule is Cn1nc[n+](NC(=O)Nc2ccccc2)c1C([O-])=Nc1ccccc1. The Kier molecular flexibility index (Phi) is 4.70. The molecule has 0 fully saturated rings. The van der Waals surface area contributed by atoms with Crippen LogP contribution in [0.5, 0.6) is 0 Å². The molecule has 0 radical (unpaired) electrons. The van der Waals surface area contributed by atoms with Crippen LogP contribution in [0.25, 0.3) is 0 Å². The van der Waals surface area contributed by atoms with Crippen LogP contribution in [0.3, 0.4) is 0 Å². The van der Waals surface area contributed by atoms with Crippen molar-refractivity contribution in [2.75, 3.05) is 10.7 Å². The lowest BCUT2D eigenvalue weighted by molar-refractivity contribution is -0.645. The third kappa shape index (κ3) is 3.99. The lowest BCUT2D eigenvalue weighted by atomic mass is 10.3. The van der Waals surface area contributed by atoms with E-state index in [1.807, 2.05) is 12.1 Å². The number of carbonyl (C=O) groups excluding carboxylic acids is 1. The Morgan fingerprint density at radius 2 is 1.76 bits per heavy atom. The van der Waals surface area contributed by atoms with Crippen LogP contribution >= 0.6 is 0 Å². The van der Waals surface area contributed by atoms with Crippen molar-refractivity contribution in [3.63, 3.8) is 0 Å². The van der Waals surface area contributed by atoms with Gasteiger partial charge in [-0.25, -0.2) is 4.79 Å². The summed E-state index contributed by atoms with van der Waals surface area (Å²) in [4.78, 5) is 16.1. The van der Waals surface area contributed by atoms with E-state index in [2.05, 4.69) is 20.8 Å². The highest BCUT2D eigenvalue weighted by Gasteiger charge is 2.18. The van der Waals surface area contributed by atoms with Crippen molar-refractivity contribution in [2.45, 2.75) is 0 Å². The molecule has 8 heteroatoms. The van der Waals surface area contributed by atoms with Gasteiger partial charge >= 0.3 is 6.03 Å². The molecule has 0 saturated carbocycles. The summed E-state index contributed by atoms with van der Waals surface area (Å²) in [5.74, 6) is -0.404. The number of carbonyl (C=O) groups is 1. The van der Waals surface area contributed by atoms with Crippen molar-refractivity contribution in [2.24, 2.45) is 12.0 Å². The summed E-state index contributed by atoms with van der Waals surface area (Å²) in [7, 11) is 1.60. The van der Waals surface area contributed by atoms with Gasteiger partial charge < -0.3 is 10.4 Å². The van der Waals surface area contributed by atoms with Gasteiger partial charge in [0.2, 0.25) is 0 Å². The molecule has 0 saturated heterocycles. The normalized spacial score (nSPS) is 11.2. The molecule has 0 spiro atoms. The van der Waals surface area contributed by atoms with Gasteiger partial charge in [0.1, 0.15) is 0 Å². The van der Waals surface area contributed by atoms with Crippen molar-refractivity contribution in [3.8, 4) is 0 Å². The van der Waals surface area contributed by atoms with Crippen molar-refractivity contribution < 1.29 is 14.6 Å². The fourth-order valence-corrected chi connectivity index (χ4v) is 2.18. The number of aryl methyl sites for hydroxylation is 1. The van der Waals surface area contributed by atoms with Crippen LogP contribution in [0.2, 0.25) is 0 Å². The van der Waals surface area contributed by atoms with E-state index in [-0.39, 0.29) is 5.82 Å². The van der Waals surface area contributed by atoms with Crippen molar-refractivity contribution in [1.82, 2.24) is 9.78 Å². The van der Waals surface area contributed by atoms with E-state index in [1.165, 1.54) is 15.7 Å². The molecule has 126 valence electrons. The fourth-order valence-electron chi connectivity index (χ4n) is 2.18. The minimum atomic E-state index is -0.522. The Morgan fingerprint density at radius 3 is 2.44 bits per heavy atom. The first-order chi connectivity index (χ1) is 12.1. The van der Waals surface area contributed by atoms with Crippen LogP contribution in [-0.2, 0) is 7.05 Å². The standard InChI is InChI=1S/C17H16N6O2/c1-22-16(15(24)19-13-8-4-2-5-9-13)23(12-18-22)21-17(25)20-14-10-6-3-7-11-14/h2-12H,1H3,(H2-,19,20,21,24,25). The topological polar surface area (TPSA) is 98.2 Å². The number of rotatable bonds is 4. The lowest BCUT2D eigenvalue weighted by Crippen LogP contribution is -2.54. The van der Waals surface area contributed by atoms with Gasteiger partial charge in [-0.1, -0.05) is 36.4 Å². The predicted octanol–water partition coefficient (Wildman–Crippen LogP) is 0.922. The number of benzene rings is 2. The number of urea groups is 1. The second kappa shape index (κ2) is 7.26. The number of hydrogen-bond donors (Lipinski definition) is 2. The van der Waals surface area contributed by atoms with Gasteiger partial charge in [-0.05, 0) is 24.3 Å². The summed E-state index contributed by atoms with van der Waals surface area (Å²) < 4.78 is 2.57. The molecule has 25 heavy (non-hydrogen) atoms. The molecule has 3 aromatic rings. The van der Waals surface area contributed by atoms with E-state index in [1.54, 1.807) is 55.6 Å². The summed E-state index contributed by atoms with van der Waals surface area (Å²) in [6, 6.07) is 17.3. The smallest absolute Gasteiger partial charge is 0.349 e. The van der Waals surface area contributed by atoms with Gasteiger partial charge in [0.05, 0.1) is 18.6 Å². The average Bonchev–Trinajstić information content (AvgIpc) is 2.97. The number of hydrogen-bond acceptors (Lipinski definition) is 4. The van der Waals surface area contributed by atoms with Crippen LogP contribution in [0, 0.1) is 0 Å². The molecule has 0 bridgehead atoms. The largest absolute Gasteiger partial charge is 0.854 e. The molecule has 2 amide bonds. The summed E-state index contributed by atoms with van der Waals surface area (Å²) >= 11 is 0. The van der Waals surface area contributed by atoms with Gasteiger partial charge in [0, 0.05) is 10.8 Å². The molecular formula is C17H16N6O2. The molecule has 0 unspecified atom stereocenters. The van der Waals surface area contributed by atoms with Crippen LogP contribution in [0.4, 0.5) is 16.2 Å². The molecule has 1 heterocycles. The first kappa shape index (κ1) is 16.2. The number of amides is 2. The van der Waals surface area contributed by atoms with Crippen molar-refractivity contribution >= 4 is 23.3 Å². The Morgan fingerprint density at radius 1 is 1.12 bits per heavy atom. The first-order valence-corrected chi connectivity index (χ1v) is 7.51. The van der Waals surface area contributed by atoms with Gasteiger partial charge in [-0.2, -0.15) is 5.43 Å². The molecule has 1 aromatic heterocycles. The molecule has 2 N–H and O–H groups in total. The number of para-hydroxylation sites is 2. The minimum absolute atomic E-state index is 0.118. The number of nitrogens with one attached hydrogen (secondary N) is 2. The average molecular weight is 336 g/mol. The van der Waals surface area contributed by atoms with Crippen LogP contribution in [0.15, 0.2) is 72.0 Å². The van der Waals surface area contributed by atoms with E-state index >= 15 is 0 Å². The number of aliphatic imine (C=N–C) groups is 1. The van der Waals surface area contributed by atoms with Crippen molar-refractivity contribution in [1.29, 1.82) is 0 Å². The summed E-state index contributed by atoms with van der Waals surface area (Å²) in [5.41, 5.74) is 3.70. The third-order valence-electron chi connectivity index (χ3n) is 3.31. The first-order valence-electron chi connectivity index (χ1n) is 7.51. The van der Waals surface area contributed by atoms with Gasteiger partial charge in [-0.3, -0.25) is 4.99 Å². The van der Waals surface area contributed by atoms with Crippen LogP contribution in [-0.4, -0.2) is 21.7 Å². The molecule has 0 aliphatic rings. The Hall–Kier alpha value is -3.68. The lowest BCUT2D eigenvalue weighted by Gasteiger charge is -2.10. The summed E-state index contributed by atoms with van der Waals surface area (Å²) in [6.45, 7) is 0. The summed E-state index contributed by atoms with van der Waals surface area (Å²) in [6.07, 6.45) is 1.33. The Bertz CT molecular complexity index is 890. The van der Waals surface area contributed by atoms with Crippen LogP contribution in [0.1, 0.15) is 5.82 Å². The molecule has 0 atom stereocenters. The Balaban J connectivity index is 1.80. The van der Waals surface area contributed by atoms with Gasteiger partial charge in [0.25, 0.3) is 12.2 Å². The van der Waals surface area contributed by atoms with E-state index in [4.69, 9.17) is 0 Å². The molecule has 0 aliphatic carbocycles. The number of anilines is 1. The van der Waals surface area contributed by atoms with E-state index in [0.717, 1.165) is 0 Å². The molecular weight excluding hydrogens is 320 g/mol. The van der Waals surface area contributed by atoms with E-state index in [0.29, 0.717) is 11.4 Å². The Labute approximate surface area is 144 Å². The zero-order chi connectivity index (χ0) is 17.6. The highest BCUT2D eigenvalue weighted by Crippen LogP contribution is 2.10. The highest BCUT2D eigenvalue weighted by molar-refractivity contribution is 5.94.